The highest BCUT2D eigenvalue weighted by Gasteiger charge is 2.21. The molecular weight excluding hydrogens is 397 g/mol. The average molecular weight is 423 g/mol. The molecule has 2 heterocycles. The number of rotatable bonds is 8. The van der Waals surface area contributed by atoms with Gasteiger partial charge in [-0.25, -0.2) is 9.07 Å². The number of hydrogen-bond donors (Lipinski definition) is 1. The van der Waals surface area contributed by atoms with E-state index in [4.69, 9.17) is 9.47 Å². The highest BCUT2D eigenvalue weighted by atomic mass is 19.1. The normalized spacial score (nSPS) is 15.7. The Bertz CT molecular complexity index is 1010. The molecule has 2 aromatic carbocycles. The molecule has 1 aromatic heterocycles. The second kappa shape index (κ2) is 9.75. The number of aryl methyl sites for hydroxylation is 1. The number of para-hydroxylation sites is 1. The number of nitrogens with one attached hydrogen (secondary N) is 1. The molecule has 6 nitrogen and oxygen atoms in total. The Kier molecular flexibility index (Phi) is 6.62. The summed E-state index contributed by atoms with van der Waals surface area (Å²) in [5.41, 5.74) is 2.30. The van der Waals surface area contributed by atoms with E-state index in [0.717, 1.165) is 30.7 Å². The molecule has 0 unspecified atom stereocenters. The first kappa shape index (κ1) is 21.1. The van der Waals surface area contributed by atoms with Crippen molar-refractivity contribution in [3.63, 3.8) is 0 Å². The number of amides is 1. The van der Waals surface area contributed by atoms with Gasteiger partial charge in [0.25, 0.3) is 0 Å². The van der Waals surface area contributed by atoms with Crippen LogP contribution in [0.3, 0.4) is 0 Å². The second-order valence-corrected chi connectivity index (χ2v) is 7.61. The van der Waals surface area contributed by atoms with Gasteiger partial charge in [0.2, 0.25) is 11.8 Å². The number of ether oxygens (including phenoxy) is 2. The topological polar surface area (TPSA) is 65.4 Å². The van der Waals surface area contributed by atoms with Crippen LogP contribution in [-0.2, 0) is 16.0 Å². The lowest BCUT2D eigenvalue weighted by Crippen LogP contribution is -2.31. The zero-order valence-electron chi connectivity index (χ0n) is 17.5. The molecule has 1 aliphatic heterocycles. The van der Waals surface area contributed by atoms with E-state index in [0.29, 0.717) is 36.7 Å². The zero-order valence-corrected chi connectivity index (χ0v) is 17.5. The summed E-state index contributed by atoms with van der Waals surface area (Å²) < 4.78 is 26.8. The summed E-state index contributed by atoms with van der Waals surface area (Å²) in [5, 5.41) is 7.57. The highest BCUT2D eigenvalue weighted by molar-refractivity contribution is 5.76. The molecule has 4 rings (SSSR count). The number of carbonyl (C=O) groups is 1. The minimum atomic E-state index is -0.318. The van der Waals surface area contributed by atoms with Crippen molar-refractivity contribution in [3.8, 4) is 17.3 Å². The molecule has 0 radical (unpaired) electrons. The van der Waals surface area contributed by atoms with Crippen molar-refractivity contribution in [3.05, 3.63) is 71.7 Å². The quantitative estimate of drug-likeness (QED) is 0.585. The number of hydrogen-bond acceptors (Lipinski definition) is 4. The fraction of sp³-hybridized carbons (Fsp3) is 0.333. The molecule has 1 aliphatic rings. The Morgan fingerprint density at radius 2 is 2.00 bits per heavy atom. The van der Waals surface area contributed by atoms with Crippen molar-refractivity contribution in [1.82, 2.24) is 15.1 Å². The van der Waals surface area contributed by atoms with Crippen LogP contribution in [0.25, 0.3) is 5.69 Å². The molecule has 0 saturated carbocycles. The van der Waals surface area contributed by atoms with E-state index in [1.165, 1.54) is 12.1 Å². The van der Waals surface area contributed by atoms with Gasteiger partial charge in [-0.1, -0.05) is 18.2 Å². The second-order valence-electron chi connectivity index (χ2n) is 7.61. The highest BCUT2D eigenvalue weighted by Crippen LogP contribution is 2.31. The summed E-state index contributed by atoms with van der Waals surface area (Å²) in [6.07, 6.45) is 2.94. The van der Waals surface area contributed by atoms with Crippen molar-refractivity contribution in [2.24, 2.45) is 0 Å². The van der Waals surface area contributed by atoms with Gasteiger partial charge in [0, 0.05) is 25.1 Å². The smallest absolute Gasteiger partial charge is 0.226 e. The van der Waals surface area contributed by atoms with Gasteiger partial charge in [-0.15, -0.1) is 0 Å². The lowest BCUT2D eigenvalue weighted by molar-refractivity contribution is -0.121. The van der Waals surface area contributed by atoms with Gasteiger partial charge in [0.1, 0.15) is 11.6 Å². The molecule has 0 spiro atoms. The lowest BCUT2D eigenvalue weighted by atomic mass is 10.1. The maximum Gasteiger partial charge on any atom is 0.226 e. The van der Waals surface area contributed by atoms with E-state index in [1.807, 2.05) is 37.3 Å². The predicted octanol–water partition coefficient (Wildman–Crippen LogP) is 4.34. The van der Waals surface area contributed by atoms with Crippen molar-refractivity contribution in [2.45, 2.75) is 38.7 Å². The molecule has 1 saturated heterocycles. The fourth-order valence-corrected chi connectivity index (χ4v) is 3.65. The van der Waals surface area contributed by atoms with Crippen LogP contribution in [-0.4, -0.2) is 34.9 Å². The summed E-state index contributed by atoms with van der Waals surface area (Å²) >= 11 is 0. The van der Waals surface area contributed by atoms with Gasteiger partial charge in [-0.2, -0.15) is 5.10 Å². The summed E-state index contributed by atoms with van der Waals surface area (Å²) in [6.45, 7) is 3.19. The van der Waals surface area contributed by atoms with E-state index in [9.17, 15) is 9.18 Å². The molecule has 31 heavy (non-hydrogen) atoms. The van der Waals surface area contributed by atoms with Crippen LogP contribution < -0.4 is 10.1 Å². The van der Waals surface area contributed by atoms with E-state index in [2.05, 4.69) is 10.4 Å². The predicted molar refractivity (Wildman–Crippen MR) is 115 cm³/mol. The summed E-state index contributed by atoms with van der Waals surface area (Å²) in [6, 6.07) is 15.5. The van der Waals surface area contributed by atoms with E-state index in [-0.39, 0.29) is 17.8 Å². The first-order chi connectivity index (χ1) is 15.1. The third kappa shape index (κ3) is 5.30. The first-order valence-corrected chi connectivity index (χ1v) is 10.6. The number of aromatic nitrogens is 2. The Balaban J connectivity index is 1.54. The molecule has 162 valence electrons. The van der Waals surface area contributed by atoms with Crippen molar-refractivity contribution in [2.75, 3.05) is 13.2 Å². The van der Waals surface area contributed by atoms with Crippen LogP contribution in [0.5, 0.6) is 11.6 Å². The number of carbonyl (C=O) groups excluding carboxylic acids is 1. The maximum atomic E-state index is 13.4. The van der Waals surface area contributed by atoms with Crippen LogP contribution in [0.4, 0.5) is 4.39 Å². The van der Waals surface area contributed by atoms with Crippen molar-refractivity contribution >= 4 is 5.91 Å². The summed E-state index contributed by atoms with van der Waals surface area (Å²) in [4.78, 5) is 12.4. The van der Waals surface area contributed by atoms with E-state index in [1.54, 1.807) is 16.8 Å². The molecule has 1 amide bonds. The Morgan fingerprint density at radius 3 is 2.71 bits per heavy atom. The van der Waals surface area contributed by atoms with Crippen LogP contribution in [0, 0.1) is 12.7 Å². The molecule has 1 atom stereocenters. The molecule has 0 bridgehead atoms. The van der Waals surface area contributed by atoms with Crippen LogP contribution in [0.1, 0.15) is 30.5 Å². The zero-order chi connectivity index (χ0) is 21.6. The van der Waals surface area contributed by atoms with E-state index >= 15 is 0 Å². The molecule has 1 N–H and O–H groups in total. The third-order valence-corrected chi connectivity index (χ3v) is 5.32. The van der Waals surface area contributed by atoms with Gasteiger partial charge in [-0.3, -0.25) is 4.79 Å². The summed E-state index contributed by atoms with van der Waals surface area (Å²) in [5.74, 6) is 0.841. The van der Waals surface area contributed by atoms with Crippen molar-refractivity contribution < 1.29 is 18.7 Å². The first-order valence-electron chi connectivity index (χ1n) is 10.6. The van der Waals surface area contributed by atoms with Gasteiger partial charge in [0.15, 0.2) is 0 Å². The van der Waals surface area contributed by atoms with Crippen LogP contribution >= 0.6 is 0 Å². The number of nitrogens with zero attached hydrogens (tertiary/aromatic N) is 2. The van der Waals surface area contributed by atoms with Gasteiger partial charge in [-0.05, 0) is 62.6 Å². The number of halogens is 1. The minimum absolute atomic E-state index is 0.0323. The minimum Gasteiger partial charge on any atom is -0.439 e. The lowest BCUT2D eigenvalue weighted by Gasteiger charge is -2.12. The van der Waals surface area contributed by atoms with Gasteiger partial charge < -0.3 is 14.8 Å². The standard InChI is InChI=1S/C24H26FN3O3/c1-17-22(13-14-23(29)26-16-21-8-5-15-30-21)24(31-20-6-3-2-4-7-20)28(27-17)19-11-9-18(25)10-12-19/h2-4,6-7,9-12,21H,5,8,13-16H2,1H3,(H,26,29)/t21-/m1/s1. The van der Waals surface area contributed by atoms with Gasteiger partial charge in [0.05, 0.1) is 17.5 Å². The van der Waals surface area contributed by atoms with Crippen LogP contribution in [0.15, 0.2) is 54.6 Å². The molecular formula is C24H26FN3O3. The maximum absolute atomic E-state index is 13.4. The monoisotopic (exact) mass is 423 g/mol. The Hall–Kier alpha value is -3.19. The average Bonchev–Trinajstić information content (AvgIpc) is 3.40. The summed E-state index contributed by atoms with van der Waals surface area (Å²) in [7, 11) is 0. The van der Waals surface area contributed by atoms with Crippen LogP contribution in [0.2, 0.25) is 0 Å². The van der Waals surface area contributed by atoms with Gasteiger partial charge >= 0.3 is 0 Å². The van der Waals surface area contributed by atoms with Crippen molar-refractivity contribution in [1.29, 1.82) is 0 Å². The SMILES string of the molecule is Cc1nn(-c2ccc(F)cc2)c(Oc2ccccc2)c1CCC(=O)NC[C@H]1CCCO1. The third-order valence-electron chi connectivity index (χ3n) is 5.32. The molecule has 0 aliphatic carbocycles. The molecule has 1 fully saturated rings. The van der Waals surface area contributed by atoms with E-state index < -0.39 is 0 Å². The number of benzene rings is 2. The Labute approximate surface area is 181 Å². The molecule has 7 heteroatoms. The Morgan fingerprint density at radius 1 is 1.23 bits per heavy atom. The fourth-order valence-electron chi connectivity index (χ4n) is 3.65. The molecule has 3 aromatic rings. The largest absolute Gasteiger partial charge is 0.439 e.